The molecular formula is C18H16F5NO3S. The van der Waals surface area contributed by atoms with Crippen molar-refractivity contribution in [3.63, 3.8) is 0 Å². The minimum Gasteiger partial charge on any atom is -0.258 e. The zero-order valence-corrected chi connectivity index (χ0v) is 15.6. The lowest BCUT2D eigenvalue weighted by Crippen LogP contribution is -2.19. The van der Waals surface area contributed by atoms with Gasteiger partial charge in [-0.25, -0.2) is 13.8 Å². The Hall–Kier alpha value is -2.33. The number of hydrogen-bond acceptors (Lipinski definition) is 4. The van der Waals surface area contributed by atoms with Crippen molar-refractivity contribution in [2.75, 3.05) is 6.26 Å². The maximum Gasteiger partial charge on any atom is 0.433 e. The topological polar surface area (TPSA) is 56.3 Å². The van der Waals surface area contributed by atoms with Crippen LogP contribution < -0.4 is 0 Å². The normalized spacial score (nSPS) is 13.6. The lowest BCUT2D eigenvalue weighted by atomic mass is 9.90. The molecule has 4 nitrogen and oxygen atoms in total. The fourth-order valence-electron chi connectivity index (χ4n) is 2.81. The van der Waals surface area contributed by atoms with Crippen LogP contribution in [0.3, 0.4) is 0 Å². The lowest BCUT2D eigenvalue weighted by Gasteiger charge is -2.24. The standard InChI is InChI=1S/C18H16F5NO3S/c1-4-12(27-28(3,25)26)14-13(11-8-6-5-7-9-11)10(2)16(18(21,22)23)24-15(14)17(19)20/h4-9,12,17H,1H2,2-3H3. The van der Waals surface area contributed by atoms with Gasteiger partial charge >= 0.3 is 6.18 Å². The summed E-state index contributed by atoms with van der Waals surface area (Å²) in [7, 11) is -4.14. The number of halogens is 5. The maximum absolute atomic E-state index is 13.7. The molecule has 0 bridgehead atoms. The molecule has 0 aliphatic heterocycles. The smallest absolute Gasteiger partial charge is 0.258 e. The van der Waals surface area contributed by atoms with Gasteiger partial charge in [0.25, 0.3) is 16.5 Å². The van der Waals surface area contributed by atoms with Crippen molar-refractivity contribution >= 4 is 10.1 Å². The molecular weight excluding hydrogens is 405 g/mol. The monoisotopic (exact) mass is 421 g/mol. The Kier molecular flexibility index (Phi) is 6.24. The molecule has 2 rings (SSSR count). The minimum atomic E-state index is -4.99. The number of pyridine rings is 1. The van der Waals surface area contributed by atoms with E-state index in [9.17, 15) is 30.4 Å². The van der Waals surface area contributed by atoms with Crippen molar-refractivity contribution < 1.29 is 34.6 Å². The predicted molar refractivity (Wildman–Crippen MR) is 93.2 cm³/mol. The van der Waals surface area contributed by atoms with Crippen molar-refractivity contribution in [1.82, 2.24) is 4.98 Å². The van der Waals surface area contributed by atoms with Crippen LogP contribution >= 0.6 is 0 Å². The third-order valence-corrected chi connectivity index (χ3v) is 4.38. The van der Waals surface area contributed by atoms with E-state index in [0.29, 0.717) is 6.26 Å². The van der Waals surface area contributed by atoms with E-state index in [1.165, 1.54) is 24.3 Å². The number of aromatic nitrogens is 1. The van der Waals surface area contributed by atoms with Crippen LogP contribution in [0.25, 0.3) is 11.1 Å². The molecule has 1 aromatic carbocycles. The van der Waals surface area contributed by atoms with Crippen LogP contribution in [0.5, 0.6) is 0 Å². The average molecular weight is 421 g/mol. The summed E-state index contributed by atoms with van der Waals surface area (Å²) >= 11 is 0. The predicted octanol–water partition coefficient (Wildman–Crippen LogP) is 5.22. The number of rotatable bonds is 6. The van der Waals surface area contributed by atoms with Gasteiger partial charge in [-0.05, 0) is 23.6 Å². The Morgan fingerprint density at radius 1 is 1.18 bits per heavy atom. The summed E-state index contributed by atoms with van der Waals surface area (Å²) in [6, 6.07) is 7.45. The molecule has 1 aromatic heterocycles. The second kappa shape index (κ2) is 7.96. The zero-order chi connectivity index (χ0) is 21.3. The van der Waals surface area contributed by atoms with E-state index in [2.05, 4.69) is 11.6 Å². The van der Waals surface area contributed by atoms with Gasteiger partial charge < -0.3 is 0 Å². The number of hydrogen-bond donors (Lipinski definition) is 0. The molecule has 0 fully saturated rings. The molecule has 1 atom stereocenters. The molecule has 28 heavy (non-hydrogen) atoms. The van der Waals surface area contributed by atoms with Crippen molar-refractivity contribution in [2.24, 2.45) is 0 Å². The number of nitrogens with zero attached hydrogens (tertiary/aromatic N) is 1. The summed E-state index contributed by atoms with van der Waals surface area (Å²) in [6.07, 6.45) is -8.44. The summed E-state index contributed by atoms with van der Waals surface area (Å²) in [5.74, 6) is 0. The van der Waals surface area contributed by atoms with Crippen LogP contribution in [0.4, 0.5) is 22.0 Å². The van der Waals surface area contributed by atoms with Crippen molar-refractivity contribution in [3.8, 4) is 11.1 Å². The fraction of sp³-hybridized carbons (Fsp3) is 0.278. The van der Waals surface area contributed by atoms with E-state index in [-0.39, 0.29) is 11.1 Å². The second-order valence-corrected chi connectivity index (χ2v) is 7.48. The molecule has 2 aromatic rings. The molecule has 0 saturated carbocycles. The van der Waals surface area contributed by atoms with Crippen LogP contribution in [-0.4, -0.2) is 19.7 Å². The van der Waals surface area contributed by atoms with E-state index < -0.39 is 51.3 Å². The molecule has 0 spiro atoms. The van der Waals surface area contributed by atoms with E-state index in [4.69, 9.17) is 4.18 Å². The summed E-state index contributed by atoms with van der Waals surface area (Å²) in [6.45, 7) is 4.45. The third kappa shape index (κ3) is 4.74. The number of alkyl halides is 5. The highest BCUT2D eigenvalue weighted by molar-refractivity contribution is 7.86. The first-order valence-electron chi connectivity index (χ1n) is 7.82. The second-order valence-electron chi connectivity index (χ2n) is 5.88. The van der Waals surface area contributed by atoms with Gasteiger partial charge in [0.15, 0.2) is 0 Å². The van der Waals surface area contributed by atoms with E-state index in [0.717, 1.165) is 13.0 Å². The zero-order valence-electron chi connectivity index (χ0n) is 14.8. The molecule has 0 amide bonds. The lowest BCUT2D eigenvalue weighted by molar-refractivity contribution is -0.141. The summed E-state index contributed by atoms with van der Waals surface area (Å²) in [5.41, 5.74) is -3.66. The number of benzene rings is 1. The van der Waals surface area contributed by atoms with Crippen LogP contribution in [-0.2, 0) is 20.5 Å². The fourth-order valence-corrected chi connectivity index (χ4v) is 3.37. The molecule has 0 N–H and O–H groups in total. The van der Waals surface area contributed by atoms with Crippen molar-refractivity contribution in [1.29, 1.82) is 0 Å². The van der Waals surface area contributed by atoms with Gasteiger partial charge in [-0.2, -0.15) is 21.6 Å². The summed E-state index contributed by atoms with van der Waals surface area (Å²) < 4.78 is 95.5. The molecule has 0 saturated heterocycles. The van der Waals surface area contributed by atoms with Gasteiger partial charge in [-0.15, -0.1) is 6.58 Å². The highest BCUT2D eigenvalue weighted by Gasteiger charge is 2.39. The highest BCUT2D eigenvalue weighted by atomic mass is 32.2. The van der Waals surface area contributed by atoms with Crippen molar-refractivity contribution in [2.45, 2.75) is 25.6 Å². The molecule has 0 radical (unpaired) electrons. The first kappa shape index (κ1) is 22.0. The Balaban J connectivity index is 2.99. The van der Waals surface area contributed by atoms with Gasteiger partial charge in [-0.1, -0.05) is 36.4 Å². The van der Waals surface area contributed by atoms with Crippen LogP contribution in [0, 0.1) is 6.92 Å². The Morgan fingerprint density at radius 3 is 2.18 bits per heavy atom. The summed E-state index contributed by atoms with van der Waals surface area (Å²) in [5, 5.41) is 0. The third-order valence-electron chi connectivity index (χ3n) is 3.82. The highest BCUT2D eigenvalue weighted by Crippen LogP contribution is 2.43. The largest absolute Gasteiger partial charge is 0.433 e. The van der Waals surface area contributed by atoms with Gasteiger partial charge in [0.2, 0.25) is 0 Å². The minimum absolute atomic E-state index is 0.175. The van der Waals surface area contributed by atoms with Gasteiger partial charge in [-0.3, -0.25) is 4.18 Å². The summed E-state index contributed by atoms with van der Waals surface area (Å²) in [4.78, 5) is 3.13. The van der Waals surface area contributed by atoms with Gasteiger partial charge in [0, 0.05) is 5.56 Å². The molecule has 0 aliphatic carbocycles. The molecule has 10 heteroatoms. The maximum atomic E-state index is 13.7. The Labute approximate surface area is 158 Å². The quantitative estimate of drug-likeness (QED) is 0.365. The Morgan fingerprint density at radius 2 is 1.75 bits per heavy atom. The van der Waals surface area contributed by atoms with Gasteiger partial charge in [0.05, 0.1) is 6.26 Å². The molecule has 1 unspecified atom stereocenters. The van der Waals surface area contributed by atoms with E-state index >= 15 is 0 Å². The first-order chi connectivity index (χ1) is 12.9. The van der Waals surface area contributed by atoms with Crippen LogP contribution in [0.2, 0.25) is 0 Å². The molecule has 1 heterocycles. The van der Waals surface area contributed by atoms with Crippen molar-refractivity contribution in [3.05, 3.63) is 65.5 Å². The van der Waals surface area contributed by atoms with E-state index in [1.54, 1.807) is 6.07 Å². The average Bonchev–Trinajstić information content (AvgIpc) is 2.57. The first-order valence-corrected chi connectivity index (χ1v) is 9.64. The van der Waals surface area contributed by atoms with Crippen LogP contribution in [0.15, 0.2) is 43.0 Å². The van der Waals surface area contributed by atoms with Gasteiger partial charge in [0.1, 0.15) is 17.5 Å². The van der Waals surface area contributed by atoms with Crippen LogP contribution in [0.1, 0.15) is 35.0 Å². The Bertz CT molecular complexity index is 973. The molecule has 0 aliphatic rings. The van der Waals surface area contributed by atoms with E-state index in [1.807, 2.05) is 0 Å². The molecule has 152 valence electrons. The SMILES string of the molecule is C=CC(OS(C)(=O)=O)c1c(C(F)F)nc(C(F)(F)F)c(C)c1-c1ccccc1.